The van der Waals surface area contributed by atoms with Gasteiger partial charge in [-0.2, -0.15) is 0 Å². The van der Waals surface area contributed by atoms with Gasteiger partial charge < -0.3 is 49.9 Å². The number of carbonyl (C=O) groups excluding carboxylic acids is 4. The maximum absolute atomic E-state index is 13.2. The molecule has 3 aromatic rings. The predicted molar refractivity (Wildman–Crippen MR) is 197 cm³/mol. The Balaban J connectivity index is 1.51. The number of nitrogens with zero attached hydrogens (tertiary/aromatic N) is 3. The summed E-state index contributed by atoms with van der Waals surface area (Å²) >= 11 is 0. The molecule has 2 atom stereocenters. The van der Waals surface area contributed by atoms with E-state index in [0.717, 1.165) is 0 Å². The van der Waals surface area contributed by atoms with Crippen LogP contribution in [0.2, 0.25) is 0 Å². The van der Waals surface area contributed by atoms with Crippen molar-refractivity contribution < 1.29 is 27.6 Å². The summed E-state index contributed by atoms with van der Waals surface area (Å²) in [6.07, 6.45) is 4.09. The minimum absolute atomic E-state index is 0.0385. The lowest BCUT2D eigenvalue weighted by atomic mass is 10.1. The van der Waals surface area contributed by atoms with Crippen LogP contribution in [0.3, 0.4) is 0 Å². The van der Waals surface area contributed by atoms with E-state index in [2.05, 4.69) is 41.0 Å². The average molecular weight is 740 g/mol. The van der Waals surface area contributed by atoms with Gasteiger partial charge in [-0.05, 0) is 62.1 Å². The van der Waals surface area contributed by atoms with E-state index in [-0.39, 0.29) is 67.9 Å². The van der Waals surface area contributed by atoms with Crippen molar-refractivity contribution in [2.24, 2.45) is 38.7 Å². The Bertz CT molecular complexity index is 1860. The summed E-state index contributed by atoms with van der Waals surface area (Å²) in [5.74, 6) is -2.63. The van der Waals surface area contributed by atoms with Gasteiger partial charge in [0.2, 0.25) is 27.7 Å². The average Bonchev–Trinajstić information content (AvgIpc) is 3.10. The fourth-order valence-corrected chi connectivity index (χ4v) is 6.13. The highest BCUT2D eigenvalue weighted by Gasteiger charge is 2.26. The number of aliphatic imine (C=N–C) groups is 2. The van der Waals surface area contributed by atoms with Crippen molar-refractivity contribution in [3.8, 4) is 0 Å². The zero-order valence-electron chi connectivity index (χ0n) is 28.4. The number of nitrogens with two attached hydrogens (primary N) is 5. The Morgan fingerprint density at radius 3 is 2.08 bits per heavy atom. The second kappa shape index (κ2) is 20.1. The molecule has 0 saturated carbocycles. The third kappa shape index (κ3) is 13.5. The van der Waals surface area contributed by atoms with Crippen molar-refractivity contribution in [1.29, 1.82) is 0 Å². The third-order valence-electron chi connectivity index (χ3n) is 7.41. The summed E-state index contributed by atoms with van der Waals surface area (Å²) in [7, 11) is -3.80. The molecule has 0 unspecified atom stereocenters. The maximum Gasteiger partial charge on any atom is 0.251 e. The minimum atomic E-state index is -3.80. The van der Waals surface area contributed by atoms with Crippen LogP contribution in [0.1, 0.15) is 36.0 Å². The Morgan fingerprint density at radius 1 is 0.788 bits per heavy atom. The van der Waals surface area contributed by atoms with Crippen LogP contribution in [0.4, 0.5) is 5.69 Å². The molecule has 280 valence electrons. The molecule has 0 aliphatic rings. The first-order chi connectivity index (χ1) is 24.8. The fourth-order valence-electron chi connectivity index (χ4n) is 4.87. The standard InChI is InChI=1S/C32H45N13O6S/c33-28(47)24(5-2-13-40-31(34)35)44-30(49)25(6-3-14-41-32(36)37)45-29(48)20-8-10-22(11-9-20)43-27(46)19-39-16-17-42-52(50,51)26-7-1-4-21-18-38-15-12-23(21)26/h1,4,7-12,15,18,24-25,39,42H,2-3,5-6,13-14,16-17,19H2,(H2,33,47)(H,43,46)(H,44,49)(H,45,48)(H4,34,35,40)(H4,36,37,41)/t24-,25-/m1/s1. The minimum Gasteiger partial charge on any atom is -0.370 e. The number of primary amides is 1. The highest BCUT2D eigenvalue weighted by Crippen LogP contribution is 2.21. The van der Waals surface area contributed by atoms with Crippen LogP contribution in [0.5, 0.6) is 0 Å². The van der Waals surface area contributed by atoms with Gasteiger partial charge in [0.1, 0.15) is 12.1 Å². The van der Waals surface area contributed by atoms with E-state index in [1.54, 1.807) is 24.4 Å². The van der Waals surface area contributed by atoms with Crippen molar-refractivity contribution in [2.75, 3.05) is 38.0 Å². The molecule has 2 aromatic carbocycles. The van der Waals surface area contributed by atoms with E-state index in [4.69, 9.17) is 28.7 Å². The molecular formula is C32H45N13O6S. The molecule has 0 saturated heterocycles. The SMILES string of the molecule is NC(=O)[C@@H](CCCN=C(N)N)NC(=O)[C@@H](CCCN=C(N)N)NC(=O)c1ccc(NC(=O)CNCCNS(=O)(=O)c2cccc3cnccc23)cc1. The summed E-state index contributed by atoms with van der Waals surface area (Å²) in [5.41, 5.74) is 27.4. The van der Waals surface area contributed by atoms with Gasteiger partial charge in [0.25, 0.3) is 5.91 Å². The smallest absolute Gasteiger partial charge is 0.251 e. The molecule has 1 heterocycles. The molecule has 4 amide bonds. The van der Waals surface area contributed by atoms with E-state index < -0.39 is 45.7 Å². The number of rotatable bonds is 21. The van der Waals surface area contributed by atoms with Crippen molar-refractivity contribution in [3.63, 3.8) is 0 Å². The van der Waals surface area contributed by atoms with Gasteiger partial charge in [-0.1, -0.05) is 12.1 Å². The number of aromatic nitrogens is 1. The fraction of sp³-hybridized carbons (Fsp3) is 0.344. The summed E-state index contributed by atoms with van der Waals surface area (Å²) in [4.78, 5) is 62.7. The number of nitrogens with one attached hydrogen (secondary N) is 5. The summed E-state index contributed by atoms with van der Waals surface area (Å²) < 4.78 is 28.2. The normalized spacial score (nSPS) is 12.2. The predicted octanol–water partition coefficient (Wildman–Crippen LogP) is -2.08. The molecule has 0 radical (unpaired) electrons. The number of sulfonamides is 1. The lowest BCUT2D eigenvalue weighted by Gasteiger charge is -2.22. The third-order valence-corrected chi connectivity index (χ3v) is 8.93. The van der Waals surface area contributed by atoms with Crippen molar-refractivity contribution >= 4 is 62.0 Å². The second-order valence-corrected chi connectivity index (χ2v) is 13.2. The molecule has 0 bridgehead atoms. The van der Waals surface area contributed by atoms with Crippen LogP contribution in [-0.2, 0) is 24.4 Å². The maximum atomic E-state index is 13.2. The van der Waals surface area contributed by atoms with E-state index in [1.807, 2.05) is 0 Å². The van der Waals surface area contributed by atoms with E-state index in [0.29, 0.717) is 29.3 Å². The van der Waals surface area contributed by atoms with Crippen LogP contribution in [0.15, 0.2) is 75.8 Å². The van der Waals surface area contributed by atoms with Gasteiger partial charge >= 0.3 is 0 Å². The van der Waals surface area contributed by atoms with Crippen molar-refractivity contribution in [3.05, 3.63) is 66.5 Å². The number of carbonyl (C=O) groups is 4. The number of hydrogen-bond acceptors (Lipinski definition) is 10. The molecule has 20 heteroatoms. The first kappa shape index (κ1) is 40.6. The Labute approximate surface area is 300 Å². The molecule has 0 aliphatic carbocycles. The quantitative estimate of drug-likeness (QED) is 0.0320. The molecule has 15 N–H and O–H groups in total. The molecular weight excluding hydrogens is 695 g/mol. The van der Waals surface area contributed by atoms with Gasteiger partial charge in [0, 0.05) is 60.6 Å². The van der Waals surface area contributed by atoms with Gasteiger partial charge in [-0.25, -0.2) is 13.1 Å². The molecule has 1 aromatic heterocycles. The number of anilines is 1. The monoisotopic (exact) mass is 739 g/mol. The zero-order valence-corrected chi connectivity index (χ0v) is 29.2. The molecule has 0 fully saturated rings. The van der Waals surface area contributed by atoms with Crippen molar-refractivity contribution in [1.82, 2.24) is 25.7 Å². The van der Waals surface area contributed by atoms with Crippen LogP contribution in [0.25, 0.3) is 10.8 Å². The molecule has 0 spiro atoms. The Morgan fingerprint density at radius 2 is 1.44 bits per heavy atom. The van der Waals surface area contributed by atoms with Gasteiger partial charge in [-0.15, -0.1) is 0 Å². The van der Waals surface area contributed by atoms with E-state index >= 15 is 0 Å². The number of pyridine rings is 1. The summed E-state index contributed by atoms with van der Waals surface area (Å²) in [5, 5.41) is 12.0. The van der Waals surface area contributed by atoms with Crippen LogP contribution < -0.4 is 54.7 Å². The van der Waals surface area contributed by atoms with Crippen LogP contribution in [-0.4, -0.2) is 93.8 Å². The molecule has 52 heavy (non-hydrogen) atoms. The summed E-state index contributed by atoms with van der Waals surface area (Å²) in [6.45, 7) is 0.528. The van der Waals surface area contributed by atoms with Gasteiger partial charge in [-0.3, -0.25) is 34.1 Å². The first-order valence-corrected chi connectivity index (χ1v) is 17.7. The first-order valence-electron chi connectivity index (χ1n) is 16.2. The van der Waals surface area contributed by atoms with Gasteiger partial charge in [0.05, 0.1) is 11.4 Å². The lowest BCUT2D eigenvalue weighted by molar-refractivity contribution is -0.128. The second-order valence-electron chi connectivity index (χ2n) is 11.4. The van der Waals surface area contributed by atoms with Gasteiger partial charge in [0.15, 0.2) is 11.9 Å². The highest BCUT2D eigenvalue weighted by atomic mass is 32.2. The van der Waals surface area contributed by atoms with E-state index in [1.165, 1.54) is 36.5 Å². The highest BCUT2D eigenvalue weighted by molar-refractivity contribution is 7.89. The molecule has 3 rings (SSSR count). The summed E-state index contributed by atoms with van der Waals surface area (Å²) in [6, 6.07) is 10.4. The Hall–Kier alpha value is -5.86. The van der Waals surface area contributed by atoms with Crippen LogP contribution >= 0.6 is 0 Å². The number of guanidine groups is 2. The number of amides is 4. The van der Waals surface area contributed by atoms with E-state index in [9.17, 15) is 27.6 Å². The number of fused-ring (bicyclic) bond motifs is 1. The topological polar surface area (TPSA) is 330 Å². The van der Waals surface area contributed by atoms with Crippen molar-refractivity contribution in [2.45, 2.75) is 42.7 Å². The number of hydrogen-bond donors (Lipinski definition) is 10. The largest absolute Gasteiger partial charge is 0.370 e. The lowest BCUT2D eigenvalue weighted by Crippen LogP contribution is -2.53. The molecule has 0 aliphatic heterocycles. The zero-order chi connectivity index (χ0) is 38.1. The Kier molecular flexibility index (Phi) is 15.7. The van der Waals surface area contributed by atoms with Crippen LogP contribution in [0, 0.1) is 0 Å². The molecule has 19 nitrogen and oxygen atoms in total. The number of benzene rings is 2.